The second-order valence-electron chi connectivity index (χ2n) is 10.6. The van der Waals surface area contributed by atoms with Crippen molar-refractivity contribution in [3.8, 4) is 0 Å². The van der Waals surface area contributed by atoms with Gasteiger partial charge in [0.25, 0.3) is 5.91 Å². The number of nitrogens with one attached hydrogen (secondary N) is 1. The molecule has 0 bridgehead atoms. The van der Waals surface area contributed by atoms with Crippen molar-refractivity contribution in [2.24, 2.45) is 20.9 Å². The summed E-state index contributed by atoms with van der Waals surface area (Å²) in [6.07, 6.45) is 13.4. The lowest BCUT2D eigenvalue weighted by Gasteiger charge is -2.33. The van der Waals surface area contributed by atoms with Gasteiger partial charge in [-0.15, -0.1) is 6.58 Å². The first-order chi connectivity index (χ1) is 17.1. The molecule has 0 radical (unpaired) electrons. The highest BCUT2D eigenvalue weighted by molar-refractivity contribution is 6.46. The van der Waals surface area contributed by atoms with Crippen LogP contribution >= 0.6 is 0 Å². The quantitative estimate of drug-likeness (QED) is 0.491. The van der Waals surface area contributed by atoms with E-state index in [1.807, 2.05) is 6.08 Å². The first kappa shape index (κ1) is 28.7. The number of carbonyl (C=O) groups excluding carboxylic acids is 1. The molecule has 4 heterocycles. The summed E-state index contributed by atoms with van der Waals surface area (Å²) in [6.45, 7) is 15.8. The number of rotatable bonds is 9. The molecule has 2 atom stereocenters. The molecule has 3 saturated heterocycles. The van der Waals surface area contributed by atoms with E-state index in [0.717, 1.165) is 51.3 Å². The number of piperidine rings is 1. The van der Waals surface area contributed by atoms with Crippen LogP contribution in [-0.2, 0) is 4.79 Å². The molecule has 3 fully saturated rings. The molecule has 0 spiro atoms. The summed E-state index contributed by atoms with van der Waals surface area (Å²) >= 11 is 0. The maximum absolute atomic E-state index is 13.0. The molecular formula is C28H51N7O. The van der Waals surface area contributed by atoms with Gasteiger partial charge in [-0.05, 0) is 64.7 Å². The summed E-state index contributed by atoms with van der Waals surface area (Å²) in [5.41, 5.74) is 0.851. The minimum Gasteiger partial charge on any atom is -0.346 e. The molecule has 4 rings (SSSR count). The molecule has 1 N–H and O–H groups in total. The third kappa shape index (κ3) is 8.32. The van der Waals surface area contributed by atoms with E-state index < -0.39 is 0 Å². The van der Waals surface area contributed by atoms with E-state index in [1.54, 1.807) is 6.21 Å². The number of amides is 1. The van der Waals surface area contributed by atoms with Crippen molar-refractivity contribution in [1.82, 2.24) is 20.0 Å². The second-order valence-corrected chi connectivity index (χ2v) is 10.6. The summed E-state index contributed by atoms with van der Waals surface area (Å²) in [5, 5.41) is 3.19. The molecule has 1 amide bonds. The monoisotopic (exact) mass is 501 g/mol. The largest absolute Gasteiger partial charge is 0.346 e. The van der Waals surface area contributed by atoms with E-state index in [9.17, 15) is 4.79 Å². The van der Waals surface area contributed by atoms with Gasteiger partial charge in [-0.1, -0.05) is 33.3 Å². The molecular weight excluding hydrogens is 450 g/mol. The molecule has 0 aromatic heterocycles. The average Bonchev–Trinajstić information content (AvgIpc) is 3.28. The maximum atomic E-state index is 13.0. The standard InChI is InChI=1S/C27H45N7O.CH4.H2/c1-3-22(2)25-24(29-21-34-14-6-4-5-7-15-34)20-28-26(31-25)27(35)30-23-10-16-33(17-11-23)19-18-32-12-8-9-13-32;;/h3,20,22-23,25H,1,4-19,21H2,2H3,(H,30,35);1H4;1H/b29-24-;;. The van der Waals surface area contributed by atoms with Gasteiger partial charge in [0.2, 0.25) is 5.84 Å². The van der Waals surface area contributed by atoms with Crippen molar-refractivity contribution in [2.75, 3.05) is 59.0 Å². The molecule has 0 saturated carbocycles. The van der Waals surface area contributed by atoms with Gasteiger partial charge in [0.1, 0.15) is 6.04 Å². The van der Waals surface area contributed by atoms with Crippen LogP contribution in [0.15, 0.2) is 27.6 Å². The van der Waals surface area contributed by atoms with Crippen molar-refractivity contribution < 1.29 is 6.22 Å². The van der Waals surface area contributed by atoms with E-state index in [4.69, 9.17) is 9.98 Å². The van der Waals surface area contributed by atoms with Gasteiger partial charge in [0.05, 0.1) is 18.6 Å². The fourth-order valence-corrected chi connectivity index (χ4v) is 5.50. The maximum Gasteiger partial charge on any atom is 0.288 e. The van der Waals surface area contributed by atoms with Crippen LogP contribution in [0, 0.1) is 5.92 Å². The van der Waals surface area contributed by atoms with Crippen LogP contribution in [-0.4, -0.2) is 109 Å². The third-order valence-electron chi connectivity index (χ3n) is 7.96. The zero-order valence-electron chi connectivity index (χ0n) is 21.7. The summed E-state index contributed by atoms with van der Waals surface area (Å²) in [4.78, 5) is 34.5. The van der Waals surface area contributed by atoms with E-state index in [-0.39, 0.29) is 38.6 Å². The van der Waals surface area contributed by atoms with Crippen LogP contribution in [0.3, 0.4) is 0 Å². The molecule has 204 valence electrons. The predicted octanol–water partition coefficient (Wildman–Crippen LogP) is 3.49. The minimum atomic E-state index is -0.204. The molecule has 2 unspecified atom stereocenters. The van der Waals surface area contributed by atoms with E-state index >= 15 is 0 Å². The number of aliphatic imine (C=N–C) groups is 3. The highest BCUT2D eigenvalue weighted by Crippen LogP contribution is 2.17. The van der Waals surface area contributed by atoms with Gasteiger partial charge in [-0.3, -0.25) is 19.7 Å². The molecule has 0 aromatic rings. The van der Waals surface area contributed by atoms with Gasteiger partial charge in [0, 0.05) is 39.6 Å². The Balaban J connectivity index is 0.00000241. The van der Waals surface area contributed by atoms with E-state index in [0.29, 0.717) is 6.67 Å². The fourth-order valence-electron chi connectivity index (χ4n) is 5.50. The fraction of sp³-hybridized carbons (Fsp3) is 0.786. The van der Waals surface area contributed by atoms with Crippen molar-refractivity contribution in [3.05, 3.63) is 12.7 Å². The summed E-state index contributed by atoms with van der Waals surface area (Å²) in [7, 11) is 0. The molecule has 36 heavy (non-hydrogen) atoms. The average molecular weight is 502 g/mol. The Labute approximate surface area is 220 Å². The zero-order valence-corrected chi connectivity index (χ0v) is 21.7. The third-order valence-corrected chi connectivity index (χ3v) is 7.96. The van der Waals surface area contributed by atoms with E-state index in [1.165, 1.54) is 58.2 Å². The zero-order chi connectivity index (χ0) is 24.5. The second kappa shape index (κ2) is 14.7. The van der Waals surface area contributed by atoms with Gasteiger partial charge in [0.15, 0.2) is 0 Å². The Bertz CT molecular complexity index is 792. The van der Waals surface area contributed by atoms with Crippen molar-refractivity contribution in [1.29, 1.82) is 0 Å². The van der Waals surface area contributed by atoms with Crippen LogP contribution in [0.1, 0.15) is 67.1 Å². The molecule has 4 aliphatic heterocycles. The first-order valence-corrected chi connectivity index (χ1v) is 13.9. The highest BCUT2D eigenvalue weighted by atomic mass is 16.2. The minimum absolute atomic E-state index is 0. The topological polar surface area (TPSA) is 75.9 Å². The van der Waals surface area contributed by atoms with Crippen LogP contribution in [0.2, 0.25) is 0 Å². The Morgan fingerprint density at radius 3 is 2.28 bits per heavy atom. The Morgan fingerprint density at radius 2 is 1.64 bits per heavy atom. The molecule has 8 heteroatoms. The van der Waals surface area contributed by atoms with Crippen molar-refractivity contribution in [3.63, 3.8) is 0 Å². The number of carbonyl (C=O) groups is 1. The summed E-state index contributed by atoms with van der Waals surface area (Å²) in [5.74, 6) is 0.199. The number of amidine groups is 1. The van der Waals surface area contributed by atoms with Crippen LogP contribution < -0.4 is 5.32 Å². The smallest absolute Gasteiger partial charge is 0.288 e. The first-order valence-electron chi connectivity index (χ1n) is 13.9. The van der Waals surface area contributed by atoms with Gasteiger partial charge in [-0.25, -0.2) is 4.99 Å². The lowest BCUT2D eigenvalue weighted by atomic mass is 9.97. The number of nitrogens with zero attached hydrogens (tertiary/aromatic N) is 6. The number of likely N-dealkylation sites (tertiary alicyclic amines) is 3. The SMILES string of the molecule is C.C=CC(C)C1N=C(C(=O)NC2CCN(CCN3CCCC3)CC2)N=C/C1=N/CN1CCCCCC1.[HH]. The Morgan fingerprint density at radius 1 is 1.06 bits per heavy atom. The number of hydrogen-bond acceptors (Lipinski definition) is 7. The normalized spacial score (nSPS) is 26.8. The molecule has 8 nitrogen and oxygen atoms in total. The molecule has 4 aliphatic rings. The summed E-state index contributed by atoms with van der Waals surface area (Å²) < 4.78 is 0. The highest BCUT2D eigenvalue weighted by Gasteiger charge is 2.28. The summed E-state index contributed by atoms with van der Waals surface area (Å²) in [6, 6.07) is -0.0121. The van der Waals surface area contributed by atoms with Crippen LogP contribution in [0.25, 0.3) is 0 Å². The lowest BCUT2D eigenvalue weighted by molar-refractivity contribution is -0.115. The Hall–Kier alpha value is -1.90. The lowest BCUT2D eigenvalue weighted by Crippen LogP contribution is -2.48. The molecule has 0 aliphatic carbocycles. The van der Waals surface area contributed by atoms with E-state index in [2.05, 4.69) is 38.5 Å². The number of hydrogen-bond donors (Lipinski definition) is 1. The van der Waals surface area contributed by atoms with Crippen molar-refractivity contribution in [2.45, 2.75) is 77.8 Å². The van der Waals surface area contributed by atoms with Gasteiger partial charge < -0.3 is 15.1 Å². The Kier molecular flexibility index (Phi) is 11.7. The van der Waals surface area contributed by atoms with Gasteiger partial charge >= 0.3 is 0 Å². The van der Waals surface area contributed by atoms with Crippen LogP contribution in [0.4, 0.5) is 0 Å². The van der Waals surface area contributed by atoms with Crippen molar-refractivity contribution >= 4 is 23.7 Å². The van der Waals surface area contributed by atoms with Gasteiger partial charge in [-0.2, -0.15) is 0 Å². The molecule has 0 aromatic carbocycles. The van der Waals surface area contributed by atoms with Crippen LogP contribution in [0.5, 0.6) is 0 Å². The predicted molar refractivity (Wildman–Crippen MR) is 154 cm³/mol.